The molecule has 0 radical (unpaired) electrons. The predicted molar refractivity (Wildman–Crippen MR) is 74.4 cm³/mol. The molecule has 0 aromatic carbocycles. The summed E-state index contributed by atoms with van der Waals surface area (Å²) in [5.74, 6) is 0.285. The summed E-state index contributed by atoms with van der Waals surface area (Å²) in [6, 6.07) is 0.141. The molecule has 1 rings (SSSR count). The molecule has 1 heterocycles. The van der Waals surface area contributed by atoms with Crippen LogP contribution in [0.4, 0.5) is 0 Å². The zero-order chi connectivity index (χ0) is 13.8. The van der Waals surface area contributed by atoms with Crippen molar-refractivity contribution in [3.63, 3.8) is 0 Å². The molecule has 1 fully saturated rings. The van der Waals surface area contributed by atoms with Gasteiger partial charge in [-0.05, 0) is 18.8 Å². The van der Waals surface area contributed by atoms with Crippen LogP contribution >= 0.6 is 0 Å². The summed E-state index contributed by atoms with van der Waals surface area (Å²) >= 11 is 0. The van der Waals surface area contributed by atoms with E-state index in [1.165, 1.54) is 4.31 Å². The lowest BCUT2D eigenvalue weighted by Crippen LogP contribution is -2.52. The Morgan fingerprint density at radius 2 is 2.06 bits per heavy atom. The molecule has 0 bridgehead atoms. The molecule has 1 aliphatic rings. The van der Waals surface area contributed by atoms with Crippen LogP contribution in [-0.2, 0) is 10.2 Å². The number of hydrogen-bond acceptors (Lipinski definition) is 3. The Morgan fingerprint density at radius 3 is 2.61 bits per heavy atom. The third kappa shape index (κ3) is 3.66. The Balaban J connectivity index is 2.67. The van der Waals surface area contributed by atoms with Crippen molar-refractivity contribution in [2.75, 3.05) is 26.7 Å². The number of piperidine rings is 1. The highest BCUT2D eigenvalue weighted by molar-refractivity contribution is 7.86. The third-order valence-electron chi connectivity index (χ3n) is 3.83. The van der Waals surface area contributed by atoms with Gasteiger partial charge in [-0.1, -0.05) is 26.7 Å². The minimum absolute atomic E-state index is 0.141. The number of hydrogen-bond donors (Lipinski definition) is 1. The molecule has 0 aromatic heterocycles. The molecule has 2 unspecified atom stereocenters. The molecule has 5 nitrogen and oxygen atoms in total. The van der Waals surface area contributed by atoms with Crippen molar-refractivity contribution in [2.24, 2.45) is 11.7 Å². The summed E-state index contributed by atoms with van der Waals surface area (Å²) < 4.78 is 27.8. The van der Waals surface area contributed by atoms with Gasteiger partial charge in [0.2, 0.25) is 0 Å². The standard InChI is InChI=1S/C12H27N3O2S/c1-4-6-8-14(3)18(16,17)15-9-7-12(13)11(5-2)10-15/h11-12H,4-10,13H2,1-3H3. The summed E-state index contributed by atoms with van der Waals surface area (Å²) in [6.07, 6.45) is 3.60. The largest absolute Gasteiger partial charge is 0.327 e. The van der Waals surface area contributed by atoms with E-state index in [9.17, 15) is 8.42 Å². The summed E-state index contributed by atoms with van der Waals surface area (Å²) in [7, 11) is -1.62. The summed E-state index contributed by atoms with van der Waals surface area (Å²) in [5, 5.41) is 0. The second-order valence-corrected chi connectivity index (χ2v) is 7.20. The van der Waals surface area contributed by atoms with Crippen LogP contribution < -0.4 is 5.73 Å². The van der Waals surface area contributed by atoms with Crippen LogP contribution in [0, 0.1) is 5.92 Å². The number of nitrogens with two attached hydrogens (primary N) is 1. The van der Waals surface area contributed by atoms with Crippen molar-refractivity contribution >= 4 is 10.2 Å². The van der Waals surface area contributed by atoms with Gasteiger partial charge >= 0.3 is 0 Å². The van der Waals surface area contributed by atoms with Gasteiger partial charge in [0.05, 0.1) is 0 Å². The van der Waals surface area contributed by atoms with Gasteiger partial charge in [0.1, 0.15) is 0 Å². The first-order valence-corrected chi connectivity index (χ1v) is 8.30. The first kappa shape index (κ1) is 15.9. The minimum Gasteiger partial charge on any atom is -0.327 e. The van der Waals surface area contributed by atoms with E-state index in [2.05, 4.69) is 13.8 Å². The third-order valence-corrected chi connectivity index (χ3v) is 5.78. The SMILES string of the molecule is CCCCN(C)S(=O)(=O)N1CCC(N)C(CC)C1. The molecular formula is C12H27N3O2S. The highest BCUT2D eigenvalue weighted by atomic mass is 32.2. The molecule has 1 saturated heterocycles. The highest BCUT2D eigenvalue weighted by Crippen LogP contribution is 2.22. The average molecular weight is 277 g/mol. The summed E-state index contributed by atoms with van der Waals surface area (Å²) in [5.41, 5.74) is 6.02. The van der Waals surface area contributed by atoms with Crippen LogP contribution in [0.1, 0.15) is 39.5 Å². The van der Waals surface area contributed by atoms with Crippen LogP contribution in [0.15, 0.2) is 0 Å². The smallest absolute Gasteiger partial charge is 0.281 e. The lowest BCUT2D eigenvalue weighted by Gasteiger charge is -2.37. The first-order valence-electron chi connectivity index (χ1n) is 6.90. The fourth-order valence-electron chi connectivity index (χ4n) is 2.35. The second kappa shape index (κ2) is 6.84. The maximum absolute atomic E-state index is 12.4. The van der Waals surface area contributed by atoms with Crippen LogP contribution in [-0.4, -0.2) is 49.8 Å². The van der Waals surface area contributed by atoms with Gasteiger partial charge in [0, 0.05) is 32.7 Å². The van der Waals surface area contributed by atoms with E-state index in [1.54, 1.807) is 11.4 Å². The van der Waals surface area contributed by atoms with E-state index in [-0.39, 0.29) is 12.0 Å². The Bertz CT molecular complexity index is 345. The molecule has 0 aliphatic carbocycles. The fourth-order valence-corrected chi connectivity index (χ4v) is 3.82. The predicted octanol–water partition coefficient (Wildman–Crippen LogP) is 1.02. The number of nitrogens with zero attached hydrogens (tertiary/aromatic N) is 2. The van der Waals surface area contributed by atoms with Crippen molar-refractivity contribution in [2.45, 2.75) is 45.6 Å². The molecule has 2 N–H and O–H groups in total. The van der Waals surface area contributed by atoms with Crippen LogP contribution in [0.25, 0.3) is 0 Å². The maximum Gasteiger partial charge on any atom is 0.281 e. The van der Waals surface area contributed by atoms with Crippen LogP contribution in [0.3, 0.4) is 0 Å². The van der Waals surface area contributed by atoms with Crippen molar-refractivity contribution < 1.29 is 8.42 Å². The van der Waals surface area contributed by atoms with Crippen LogP contribution in [0.5, 0.6) is 0 Å². The van der Waals surface area contributed by atoms with Crippen molar-refractivity contribution in [3.05, 3.63) is 0 Å². The van der Waals surface area contributed by atoms with Crippen molar-refractivity contribution in [1.82, 2.24) is 8.61 Å². The molecule has 0 amide bonds. The zero-order valence-corrected chi connectivity index (χ0v) is 12.6. The molecule has 0 spiro atoms. The molecule has 0 saturated carbocycles. The molecule has 108 valence electrons. The Kier molecular flexibility index (Phi) is 6.04. The molecule has 18 heavy (non-hydrogen) atoms. The summed E-state index contributed by atoms with van der Waals surface area (Å²) in [6.45, 7) is 5.85. The topological polar surface area (TPSA) is 66.6 Å². The van der Waals surface area contributed by atoms with E-state index < -0.39 is 10.2 Å². The Labute approximate surface area is 112 Å². The van der Waals surface area contributed by atoms with E-state index >= 15 is 0 Å². The van der Waals surface area contributed by atoms with Gasteiger partial charge in [0.25, 0.3) is 10.2 Å². The summed E-state index contributed by atoms with van der Waals surface area (Å²) in [4.78, 5) is 0. The Hall–Kier alpha value is -0.170. The normalized spacial score (nSPS) is 26.7. The minimum atomic E-state index is -3.29. The van der Waals surface area contributed by atoms with Gasteiger partial charge in [-0.2, -0.15) is 17.0 Å². The van der Waals surface area contributed by atoms with E-state index in [4.69, 9.17) is 5.73 Å². The van der Waals surface area contributed by atoms with Gasteiger partial charge < -0.3 is 5.73 Å². The van der Waals surface area contributed by atoms with Gasteiger partial charge in [0.15, 0.2) is 0 Å². The molecule has 1 aliphatic heterocycles. The van der Waals surface area contributed by atoms with Gasteiger partial charge in [-0.3, -0.25) is 0 Å². The quantitative estimate of drug-likeness (QED) is 0.788. The van der Waals surface area contributed by atoms with Gasteiger partial charge in [-0.15, -0.1) is 0 Å². The van der Waals surface area contributed by atoms with Crippen molar-refractivity contribution in [1.29, 1.82) is 0 Å². The molecule has 2 atom stereocenters. The molecular weight excluding hydrogens is 250 g/mol. The monoisotopic (exact) mass is 277 g/mol. The van der Waals surface area contributed by atoms with E-state index in [0.717, 1.165) is 25.7 Å². The molecule has 0 aromatic rings. The van der Waals surface area contributed by atoms with Crippen molar-refractivity contribution in [3.8, 4) is 0 Å². The second-order valence-electron chi connectivity index (χ2n) is 5.16. The van der Waals surface area contributed by atoms with E-state index in [1.807, 2.05) is 0 Å². The average Bonchev–Trinajstić information content (AvgIpc) is 2.36. The number of rotatable bonds is 6. The first-order chi connectivity index (χ1) is 8.43. The van der Waals surface area contributed by atoms with E-state index in [0.29, 0.717) is 19.6 Å². The fraction of sp³-hybridized carbons (Fsp3) is 1.00. The lowest BCUT2D eigenvalue weighted by atomic mass is 9.92. The Morgan fingerprint density at radius 1 is 1.39 bits per heavy atom. The maximum atomic E-state index is 12.4. The number of unbranched alkanes of at least 4 members (excludes halogenated alkanes) is 1. The van der Waals surface area contributed by atoms with Gasteiger partial charge in [-0.25, -0.2) is 0 Å². The lowest BCUT2D eigenvalue weighted by molar-refractivity contribution is 0.220. The van der Waals surface area contributed by atoms with Crippen LogP contribution in [0.2, 0.25) is 0 Å². The highest BCUT2D eigenvalue weighted by Gasteiger charge is 2.34. The zero-order valence-electron chi connectivity index (χ0n) is 11.8. The molecule has 6 heteroatoms.